The largest absolute Gasteiger partial charge is 0.342 e. The van der Waals surface area contributed by atoms with Gasteiger partial charge in [-0.3, -0.25) is 38.5 Å². The van der Waals surface area contributed by atoms with Crippen LogP contribution in [-0.4, -0.2) is 88.8 Å². The van der Waals surface area contributed by atoms with Crippen LogP contribution in [0.3, 0.4) is 0 Å². The maximum atomic E-state index is 14.5. The summed E-state index contributed by atoms with van der Waals surface area (Å²) in [4.78, 5) is 104. The number of halogens is 2. The fourth-order valence-corrected chi connectivity index (χ4v) is 8.18. The van der Waals surface area contributed by atoms with Crippen molar-refractivity contribution in [2.75, 3.05) is 0 Å². The molecule has 1 unspecified atom stereocenters. The molecule has 5 atom stereocenters. The van der Waals surface area contributed by atoms with Gasteiger partial charge in [-0.15, -0.1) is 0 Å². The first-order valence-electron chi connectivity index (χ1n) is 19.6. The smallest absolute Gasteiger partial charge is 0.326 e. The van der Waals surface area contributed by atoms with E-state index in [1.165, 1.54) is 24.7 Å². The van der Waals surface area contributed by atoms with Gasteiger partial charge in [0, 0.05) is 34.9 Å². The SMILES string of the molecule is CCC(N)CC(=O)N(C(=O)C(=O)NS(=O)(=O)c1cc(Cl)cc(Cl)c1)C(=O)[C@H](CC1CCCCC1)NC(=O)[C@@H](NC(=O)[C@H](CC(C)C)NC(=O)c1cnccn1)[C@@H](C)CC. The topological polar surface area (TPSA) is 257 Å². The summed E-state index contributed by atoms with van der Waals surface area (Å²) in [6.45, 7) is 8.83. The van der Waals surface area contributed by atoms with E-state index in [1.54, 1.807) is 25.5 Å². The summed E-state index contributed by atoms with van der Waals surface area (Å²) < 4.78 is 27.9. The Hall–Kier alpha value is -4.52. The molecular formula is C39H54Cl2N8O9S. The van der Waals surface area contributed by atoms with Gasteiger partial charge in [-0.1, -0.05) is 96.3 Å². The van der Waals surface area contributed by atoms with Gasteiger partial charge in [0.25, 0.3) is 21.8 Å². The maximum Gasteiger partial charge on any atom is 0.326 e. The van der Waals surface area contributed by atoms with Gasteiger partial charge in [0.2, 0.25) is 17.7 Å². The highest BCUT2D eigenvalue weighted by Crippen LogP contribution is 2.28. The number of hydrogen-bond donors (Lipinski definition) is 5. The second-order valence-electron chi connectivity index (χ2n) is 15.2. The first kappa shape index (κ1) is 48.8. The Morgan fingerprint density at radius 2 is 1.51 bits per heavy atom. The number of carbonyl (C=O) groups excluding carboxylic acids is 7. The molecule has 20 heteroatoms. The Labute approximate surface area is 354 Å². The highest BCUT2D eigenvalue weighted by Gasteiger charge is 2.41. The number of amides is 7. The minimum atomic E-state index is -4.80. The number of sulfonamides is 1. The molecule has 2 aromatic rings. The quantitative estimate of drug-likeness (QED) is 0.135. The van der Waals surface area contributed by atoms with Crippen LogP contribution < -0.4 is 26.4 Å². The molecule has 1 aliphatic rings. The van der Waals surface area contributed by atoms with Gasteiger partial charge in [-0.2, -0.15) is 0 Å². The van der Waals surface area contributed by atoms with Crippen LogP contribution in [0, 0.1) is 17.8 Å². The molecule has 3 rings (SSSR count). The van der Waals surface area contributed by atoms with E-state index in [0.29, 0.717) is 19.3 Å². The molecule has 0 spiro atoms. The van der Waals surface area contributed by atoms with E-state index in [-0.39, 0.29) is 51.7 Å². The van der Waals surface area contributed by atoms with E-state index in [1.807, 2.05) is 13.8 Å². The van der Waals surface area contributed by atoms with Crippen molar-refractivity contribution >= 4 is 74.6 Å². The highest BCUT2D eigenvalue weighted by atomic mass is 35.5. The van der Waals surface area contributed by atoms with E-state index in [0.717, 1.165) is 31.4 Å². The molecule has 59 heavy (non-hydrogen) atoms. The lowest BCUT2D eigenvalue weighted by atomic mass is 9.84. The minimum absolute atomic E-state index is 0.0244. The minimum Gasteiger partial charge on any atom is -0.342 e. The van der Waals surface area contributed by atoms with Crippen molar-refractivity contribution in [2.24, 2.45) is 23.5 Å². The normalized spacial score (nSPS) is 15.8. The lowest BCUT2D eigenvalue weighted by Gasteiger charge is -2.32. The summed E-state index contributed by atoms with van der Waals surface area (Å²) in [6.07, 6.45) is 8.06. The molecular weight excluding hydrogens is 827 g/mol. The fraction of sp³-hybridized carbons (Fsp3) is 0.564. The number of hydrogen-bond acceptors (Lipinski definition) is 12. The number of aromatic nitrogens is 2. The van der Waals surface area contributed by atoms with Gasteiger partial charge in [-0.05, 0) is 55.2 Å². The summed E-state index contributed by atoms with van der Waals surface area (Å²) in [7, 11) is -4.80. The molecule has 1 fully saturated rings. The molecule has 1 aliphatic carbocycles. The molecule has 6 N–H and O–H groups in total. The van der Waals surface area contributed by atoms with Crippen molar-refractivity contribution in [1.82, 2.24) is 35.5 Å². The Bertz CT molecular complexity index is 1930. The molecule has 17 nitrogen and oxygen atoms in total. The van der Waals surface area contributed by atoms with Crippen molar-refractivity contribution in [3.63, 3.8) is 0 Å². The van der Waals surface area contributed by atoms with Gasteiger partial charge < -0.3 is 21.7 Å². The van der Waals surface area contributed by atoms with Crippen molar-refractivity contribution in [3.05, 3.63) is 52.5 Å². The third kappa shape index (κ3) is 14.6. The number of rotatable bonds is 18. The molecule has 0 saturated heterocycles. The third-order valence-corrected chi connectivity index (χ3v) is 11.8. The maximum absolute atomic E-state index is 14.5. The lowest BCUT2D eigenvalue weighted by molar-refractivity contribution is -0.160. The lowest BCUT2D eigenvalue weighted by Crippen LogP contribution is -2.61. The van der Waals surface area contributed by atoms with Crippen molar-refractivity contribution in [1.29, 1.82) is 0 Å². The zero-order valence-corrected chi connectivity index (χ0v) is 36.2. The molecule has 7 amide bonds. The van der Waals surface area contributed by atoms with Crippen molar-refractivity contribution < 1.29 is 42.0 Å². The number of nitrogens with one attached hydrogen (secondary N) is 4. The highest BCUT2D eigenvalue weighted by molar-refractivity contribution is 7.90. The van der Waals surface area contributed by atoms with Crippen LogP contribution in [0.2, 0.25) is 10.0 Å². The van der Waals surface area contributed by atoms with Crippen LogP contribution in [0.1, 0.15) is 109 Å². The molecule has 1 saturated carbocycles. The Balaban J connectivity index is 1.99. The third-order valence-electron chi connectivity index (χ3n) is 10.0. The molecule has 1 aromatic carbocycles. The fourth-order valence-electron chi connectivity index (χ4n) is 6.51. The van der Waals surface area contributed by atoms with Crippen LogP contribution in [0.25, 0.3) is 0 Å². The second-order valence-corrected chi connectivity index (χ2v) is 17.8. The summed E-state index contributed by atoms with van der Waals surface area (Å²) >= 11 is 11.9. The van der Waals surface area contributed by atoms with Crippen LogP contribution in [0.15, 0.2) is 41.7 Å². The van der Waals surface area contributed by atoms with Crippen LogP contribution in [-0.2, 0) is 38.8 Å². The van der Waals surface area contributed by atoms with Crippen LogP contribution in [0.5, 0.6) is 0 Å². The number of nitrogens with zero attached hydrogens (tertiary/aromatic N) is 3. The van der Waals surface area contributed by atoms with Gasteiger partial charge in [-0.25, -0.2) is 23.0 Å². The number of nitrogens with two attached hydrogens (primary N) is 1. The van der Waals surface area contributed by atoms with E-state index in [9.17, 15) is 42.0 Å². The summed E-state index contributed by atoms with van der Waals surface area (Å²) in [5.74, 6) is -9.09. The van der Waals surface area contributed by atoms with Gasteiger partial charge in [0.05, 0.1) is 11.1 Å². The van der Waals surface area contributed by atoms with E-state index >= 15 is 0 Å². The van der Waals surface area contributed by atoms with Crippen LogP contribution >= 0.6 is 23.2 Å². The zero-order valence-electron chi connectivity index (χ0n) is 33.8. The zero-order chi connectivity index (χ0) is 44.0. The number of benzene rings is 1. The molecule has 1 aromatic heterocycles. The summed E-state index contributed by atoms with van der Waals surface area (Å²) in [5.41, 5.74) is 5.99. The van der Waals surface area contributed by atoms with Gasteiger partial charge in [0.1, 0.15) is 23.8 Å². The second kappa shape index (κ2) is 22.7. The predicted octanol–water partition coefficient (Wildman–Crippen LogP) is 3.43. The average Bonchev–Trinajstić information content (AvgIpc) is 3.18. The van der Waals surface area contributed by atoms with Crippen LogP contribution in [0.4, 0.5) is 0 Å². The Morgan fingerprint density at radius 3 is 2.07 bits per heavy atom. The number of imide groups is 3. The average molecular weight is 882 g/mol. The van der Waals surface area contributed by atoms with Crippen molar-refractivity contribution in [3.8, 4) is 0 Å². The predicted molar refractivity (Wildman–Crippen MR) is 219 cm³/mol. The number of carbonyl (C=O) groups is 7. The first-order valence-corrected chi connectivity index (χ1v) is 21.9. The first-order chi connectivity index (χ1) is 27.8. The Morgan fingerprint density at radius 1 is 0.864 bits per heavy atom. The van der Waals surface area contributed by atoms with Gasteiger partial charge >= 0.3 is 11.8 Å². The van der Waals surface area contributed by atoms with E-state index in [4.69, 9.17) is 28.9 Å². The summed E-state index contributed by atoms with van der Waals surface area (Å²) in [6, 6.07) is -1.62. The monoisotopic (exact) mass is 880 g/mol. The molecule has 1 heterocycles. The molecule has 0 radical (unpaired) electrons. The Kier molecular flexibility index (Phi) is 18.8. The standard InChI is InChI=1S/C39H54Cl2N8O9S/c1-6-23(5)33(47-34(51)29(15-22(3)4)45-35(52)31-21-43-13-14-44-31)36(53)46-30(16-24-11-9-8-10-12-24)38(55)49(32(50)20-27(42)7-2)39(56)37(54)48-59(57,58)28-18-25(40)17-26(41)19-28/h13-14,17-19,21-24,27,29-30,33H,6-12,15-16,20,42H2,1-5H3,(H,45,52)(H,46,53)(H,47,51)(H,48,54)/t23-,27?,29-,30-,33-/m0/s1. The van der Waals surface area contributed by atoms with E-state index < -0.39 is 92.8 Å². The van der Waals surface area contributed by atoms with Gasteiger partial charge in [0.15, 0.2) is 0 Å². The molecule has 0 bridgehead atoms. The molecule has 0 aliphatic heterocycles. The van der Waals surface area contributed by atoms with Crippen molar-refractivity contribution in [2.45, 2.75) is 128 Å². The molecule has 324 valence electrons. The summed E-state index contributed by atoms with van der Waals surface area (Å²) in [5, 5.41) is 7.85. The van der Waals surface area contributed by atoms with E-state index in [2.05, 4.69) is 25.9 Å².